The number of nitrogens with zero attached hydrogens (tertiary/aromatic N) is 3. The van der Waals surface area contributed by atoms with E-state index in [1.165, 1.54) is 0 Å². The minimum atomic E-state index is 0.143. The Morgan fingerprint density at radius 1 is 1.35 bits per heavy atom. The quantitative estimate of drug-likeness (QED) is 0.836. The molecule has 0 saturated carbocycles. The van der Waals surface area contributed by atoms with Gasteiger partial charge in [0.1, 0.15) is 11.5 Å². The van der Waals surface area contributed by atoms with E-state index >= 15 is 0 Å². The minimum Gasteiger partial charge on any atom is -0.507 e. The fourth-order valence-electron chi connectivity index (χ4n) is 1.60. The van der Waals surface area contributed by atoms with Crippen molar-refractivity contribution in [3.8, 4) is 22.9 Å². The number of aromatic nitrogens is 3. The molecule has 0 saturated heterocycles. The van der Waals surface area contributed by atoms with Gasteiger partial charge >= 0.3 is 0 Å². The van der Waals surface area contributed by atoms with Gasteiger partial charge in [-0.3, -0.25) is 4.57 Å². The van der Waals surface area contributed by atoms with Crippen LogP contribution in [0.5, 0.6) is 11.5 Å². The van der Waals surface area contributed by atoms with E-state index in [-0.39, 0.29) is 5.75 Å². The number of nitrogens with one attached hydrogen (secondary N) is 1. The molecule has 6 nitrogen and oxygen atoms in total. The number of aromatic hydroxyl groups is 1. The van der Waals surface area contributed by atoms with Gasteiger partial charge in [-0.15, -0.1) is 10.2 Å². The molecule has 2 rings (SSSR count). The van der Waals surface area contributed by atoms with Crippen molar-refractivity contribution in [3.63, 3.8) is 0 Å². The lowest BCUT2D eigenvalue weighted by Gasteiger charge is -2.07. The van der Waals surface area contributed by atoms with Crippen LogP contribution < -0.4 is 10.1 Å². The van der Waals surface area contributed by atoms with Gasteiger partial charge in [0.15, 0.2) is 5.82 Å². The highest BCUT2D eigenvalue weighted by Gasteiger charge is 2.14. The van der Waals surface area contributed by atoms with E-state index in [4.69, 9.17) is 4.74 Å². The van der Waals surface area contributed by atoms with Crippen LogP contribution in [0.4, 0.5) is 5.95 Å². The molecule has 6 heteroatoms. The van der Waals surface area contributed by atoms with Gasteiger partial charge in [-0.1, -0.05) is 0 Å². The number of hydrogen-bond acceptors (Lipinski definition) is 5. The van der Waals surface area contributed by atoms with E-state index in [1.807, 2.05) is 7.05 Å². The summed E-state index contributed by atoms with van der Waals surface area (Å²) in [6, 6.07) is 4.98. The van der Waals surface area contributed by atoms with E-state index in [0.29, 0.717) is 23.1 Å². The van der Waals surface area contributed by atoms with Gasteiger partial charge in [0, 0.05) is 14.1 Å². The molecule has 1 aromatic carbocycles. The first-order valence-corrected chi connectivity index (χ1v) is 5.12. The molecule has 0 fully saturated rings. The molecule has 0 radical (unpaired) electrons. The van der Waals surface area contributed by atoms with Gasteiger partial charge < -0.3 is 15.2 Å². The van der Waals surface area contributed by atoms with Gasteiger partial charge in [0.2, 0.25) is 5.95 Å². The second-order valence-electron chi connectivity index (χ2n) is 3.54. The zero-order valence-electron chi connectivity index (χ0n) is 9.93. The Morgan fingerprint density at radius 3 is 2.71 bits per heavy atom. The molecule has 0 spiro atoms. The van der Waals surface area contributed by atoms with Crippen LogP contribution in [0.2, 0.25) is 0 Å². The SMILES string of the molecule is CNc1nnc(-c2cc(OC)ccc2O)n1C. The number of hydrogen-bond donors (Lipinski definition) is 2. The largest absolute Gasteiger partial charge is 0.507 e. The molecule has 1 aromatic heterocycles. The normalized spacial score (nSPS) is 10.3. The maximum Gasteiger partial charge on any atom is 0.224 e. The third-order valence-corrected chi connectivity index (χ3v) is 2.54. The number of benzene rings is 1. The Morgan fingerprint density at radius 2 is 2.12 bits per heavy atom. The van der Waals surface area contributed by atoms with Crippen LogP contribution in [0.25, 0.3) is 11.4 Å². The first-order chi connectivity index (χ1) is 8.17. The molecule has 0 unspecified atom stereocenters. The van der Waals surface area contributed by atoms with Crippen molar-refractivity contribution in [3.05, 3.63) is 18.2 Å². The first-order valence-electron chi connectivity index (χ1n) is 5.12. The topological polar surface area (TPSA) is 72.2 Å². The number of rotatable bonds is 3. The number of ether oxygens (including phenoxy) is 1. The molecule has 0 aliphatic carbocycles. The molecule has 17 heavy (non-hydrogen) atoms. The van der Waals surface area contributed by atoms with E-state index in [9.17, 15) is 5.11 Å². The Bertz CT molecular complexity index is 536. The lowest BCUT2D eigenvalue weighted by Crippen LogP contribution is -2.00. The fourth-order valence-corrected chi connectivity index (χ4v) is 1.60. The summed E-state index contributed by atoms with van der Waals surface area (Å²) in [5, 5.41) is 20.7. The van der Waals surface area contributed by atoms with Gasteiger partial charge in [0.25, 0.3) is 0 Å². The monoisotopic (exact) mass is 234 g/mol. The summed E-state index contributed by atoms with van der Waals surface area (Å²) < 4.78 is 6.88. The van der Waals surface area contributed by atoms with Crippen molar-refractivity contribution in [1.29, 1.82) is 0 Å². The van der Waals surface area contributed by atoms with Crippen LogP contribution in [0.1, 0.15) is 0 Å². The molecule has 2 aromatic rings. The smallest absolute Gasteiger partial charge is 0.224 e. The van der Waals surface area contributed by atoms with Crippen LogP contribution in [0, 0.1) is 0 Å². The van der Waals surface area contributed by atoms with Crippen molar-refractivity contribution in [2.75, 3.05) is 19.5 Å². The maximum atomic E-state index is 9.83. The molecule has 0 aliphatic heterocycles. The maximum absolute atomic E-state index is 9.83. The van der Waals surface area contributed by atoms with Crippen molar-refractivity contribution in [2.24, 2.45) is 7.05 Å². The summed E-state index contributed by atoms with van der Waals surface area (Å²) in [6.07, 6.45) is 0. The second kappa shape index (κ2) is 4.32. The summed E-state index contributed by atoms with van der Waals surface area (Å²) in [5.74, 6) is 2.00. The summed E-state index contributed by atoms with van der Waals surface area (Å²) in [7, 11) is 5.16. The first kappa shape index (κ1) is 11.3. The second-order valence-corrected chi connectivity index (χ2v) is 3.54. The highest BCUT2D eigenvalue weighted by molar-refractivity contribution is 5.67. The van der Waals surface area contributed by atoms with Crippen LogP contribution in [0.15, 0.2) is 18.2 Å². The number of methoxy groups -OCH3 is 1. The summed E-state index contributed by atoms with van der Waals surface area (Å²) >= 11 is 0. The molecular formula is C11H14N4O2. The zero-order chi connectivity index (χ0) is 12.4. The Labute approximate surface area is 98.9 Å². The molecular weight excluding hydrogens is 220 g/mol. The Kier molecular flexibility index (Phi) is 2.86. The molecule has 90 valence electrons. The average Bonchev–Trinajstić information content (AvgIpc) is 2.71. The highest BCUT2D eigenvalue weighted by Crippen LogP contribution is 2.31. The lowest BCUT2D eigenvalue weighted by atomic mass is 10.2. The van der Waals surface area contributed by atoms with Crippen LogP contribution in [-0.4, -0.2) is 34.0 Å². The Balaban J connectivity index is 2.55. The molecule has 0 amide bonds. The predicted octanol–water partition coefficient (Wildman–Crippen LogP) is 1.24. The average molecular weight is 234 g/mol. The molecule has 0 aliphatic rings. The van der Waals surface area contributed by atoms with Gasteiger partial charge in [0.05, 0.1) is 12.7 Å². The molecule has 2 N–H and O–H groups in total. The third kappa shape index (κ3) is 1.89. The number of phenolic OH excluding ortho intramolecular Hbond substituents is 1. The van der Waals surface area contributed by atoms with Crippen LogP contribution in [-0.2, 0) is 7.05 Å². The summed E-state index contributed by atoms with van der Waals surface area (Å²) in [6.45, 7) is 0. The standard InChI is InChI=1S/C11H14N4O2/c1-12-11-14-13-10(15(11)2)8-6-7(17-3)4-5-9(8)16/h4-6,16H,1-3H3,(H,12,14). The van der Waals surface area contributed by atoms with Crippen molar-refractivity contribution < 1.29 is 9.84 Å². The van der Waals surface area contributed by atoms with E-state index in [0.717, 1.165) is 0 Å². The zero-order valence-corrected chi connectivity index (χ0v) is 9.93. The summed E-state index contributed by atoms with van der Waals surface area (Å²) in [4.78, 5) is 0. The minimum absolute atomic E-state index is 0.143. The predicted molar refractivity (Wildman–Crippen MR) is 64.2 cm³/mol. The van der Waals surface area contributed by atoms with Gasteiger partial charge in [-0.2, -0.15) is 0 Å². The van der Waals surface area contributed by atoms with E-state index in [2.05, 4.69) is 15.5 Å². The lowest BCUT2D eigenvalue weighted by molar-refractivity contribution is 0.412. The van der Waals surface area contributed by atoms with Gasteiger partial charge in [-0.05, 0) is 18.2 Å². The third-order valence-electron chi connectivity index (χ3n) is 2.54. The van der Waals surface area contributed by atoms with Crippen LogP contribution in [0.3, 0.4) is 0 Å². The Hall–Kier alpha value is -2.24. The molecule has 0 atom stereocenters. The molecule has 1 heterocycles. The van der Waals surface area contributed by atoms with Gasteiger partial charge in [-0.25, -0.2) is 0 Å². The van der Waals surface area contributed by atoms with Crippen molar-refractivity contribution in [2.45, 2.75) is 0 Å². The van der Waals surface area contributed by atoms with Crippen LogP contribution >= 0.6 is 0 Å². The fraction of sp³-hybridized carbons (Fsp3) is 0.273. The summed E-state index contributed by atoms with van der Waals surface area (Å²) in [5.41, 5.74) is 0.584. The van der Waals surface area contributed by atoms with E-state index in [1.54, 1.807) is 36.9 Å². The van der Waals surface area contributed by atoms with E-state index < -0.39 is 0 Å². The molecule has 0 bridgehead atoms. The number of phenols is 1. The van der Waals surface area contributed by atoms with Crippen molar-refractivity contribution in [1.82, 2.24) is 14.8 Å². The van der Waals surface area contributed by atoms with Crippen molar-refractivity contribution >= 4 is 5.95 Å². The highest BCUT2D eigenvalue weighted by atomic mass is 16.5. The number of anilines is 1.